The zero-order chi connectivity index (χ0) is 13.9. The Morgan fingerprint density at radius 2 is 2.16 bits per heavy atom. The molecule has 0 radical (unpaired) electrons. The minimum absolute atomic E-state index is 0.0530. The number of hydrogen-bond donors (Lipinski definition) is 0. The van der Waals surface area contributed by atoms with E-state index in [-0.39, 0.29) is 25.0 Å². The van der Waals surface area contributed by atoms with Gasteiger partial charge >= 0.3 is 6.18 Å². The van der Waals surface area contributed by atoms with Crippen molar-refractivity contribution in [3.63, 3.8) is 0 Å². The predicted molar refractivity (Wildman–Crippen MR) is 64.5 cm³/mol. The Morgan fingerprint density at radius 3 is 2.79 bits per heavy atom. The third-order valence-electron chi connectivity index (χ3n) is 3.69. The van der Waals surface area contributed by atoms with Crippen LogP contribution in [0.15, 0.2) is 24.5 Å². The number of halogens is 3. The van der Waals surface area contributed by atoms with Crippen LogP contribution in [0.25, 0.3) is 0 Å². The monoisotopic (exact) mass is 271 g/mol. The lowest BCUT2D eigenvalue weighted by atomic mass is 9.78. The van der Waals surface area contributed by atoms with Gasteiger partial charge in [-0.2, -0.15) is 13.2 Å². The van der Waals surface area contributed by atoms with Crippen molar-refractivity contribution < 1.29 is 18.0 Å². The molecule has 1 aromatic rings. The van der Waals surface area contributed by atoms with Gasteiger partial charge in [0.05, 0.1) is 5.92 Å². The second kappa shape index (κ2) is 5.72. The van der Waals surface area contributed by atoms with E-state index in [0.717, 1.165) is 5.56 Å². The zero-order valence-electron chi connectivity index (χ0n) is 10.5. The van der Waals surface area contributed by atoms with E-state index in [1.165, 1.54) is 0 Å². The van der Waals surface area contributed by atoms with E-state index in [1.54, 1.807) is 24.5 Å². The fraction of sp³-hybridized carbons (Fsp3) is 0.571. The number of alkyl halides is 3. The van der Waals surface area contributed by atoms with Crippen molar-refractivity contribution in [3.8, 4) is 0 Å². The fourth-order valence-corrected chi connectivity index (χ4v) is 2.63. The van der Waals surface area contributed by atoms with Crippen molar-refractivity contribution in [2.45, 2.75) is 38.3 Å². The first-order valence-corrected chi connectivity index (χ1v) is 6.45. The molecule has 0 bridgehead atoms. The molecule has 1 aliphatic carbocycles. The van der Waals surface area contributed by atoms with Gasteiger partial charge in [0.2, 0.25) is 0 Å². The number of aromatic nitrogens is 1. The third kappa shape index (κ3) is 3.78. The zero-order valence-corrected chi connectivity index (χ0v) is 10.5. The second-order valence-electron chi connectivity index (χ2n) is 5.11. The molecule has 0 N–H and O–H groups in total. The highest BCUT2D eigenvalue weighted by molar-refractivity contribution is 5.83. The van der Waals surface area contributed by atoms with Gasteiger partial charge in [-0.3, -0.25) is 9.78 Å². The molecule has 2 atom stereocenters. The molecule has 1 aromatic heterocycles. The topological polar surface area (TPSA) is 30.0 Å². The Morgan fingerprint density at radius 1 is 1.37 bits per heavy atom. The van der Waals surface area contributed by atoms with Crippen molar-refractivity contribution in [1.29, 1.82) is 0 Å². The highest BCUT2D eigenvalue weighted by Crippen LogP contribution is 2.40. The summed E-state index contributed by atoms with van der Waals surface area (Å²) in [6.07, 6.45) is 0.356. The van der Waals surface area contributed by atoms with Gasteiger partial charge in [0.1, 0.15) is 5.78 Å². The van der Waals surface area contributed by atoms with Crippen LogP contribution in [0, 0.1) is 11.8 Å². The average molecular weight is 271 g/mol. The average Bonchev–Trinajstić information content (AvgIpc) is 2.39. The summed E-state index contributed by atoms with van der Waals surface area (Å²) in [7, 11) is 0. The Kier molecular flexibility index (Phi) is 4.22. The molecule has 1 heterocycles. The van der Waals surface area contributed by atoms with Crippen molar-refractivity contribution in [2.24, 2.45) is 11.8 Å². The molecule has 2 unspecified atom stereocenters. The van der Waals surface area contributed by atoms with E-state index >= 15 is 0 Å². The summed E-state index contributed by atoms with van der Waals surface area (Å²) >= 11 is 0. The Hall–Kier alpha value is -1.39. The highest BCUT2D eigenvalue weighted by Gasteiger charge is 2.43. The van der Waals surface area contributed by atoms with Gasteiger partial charge in [0, 0.05) is 24.7 Å². The SMILES string of the molecule is O=C(Cc1cccnc1)C1CCCC(C(F)(F)F)C1. The number of hydrogen-bond acceptors (Lipinski definition) is 2. The molecule has 2 nitrogen and oxygen atoms in total. The minimum atomic E-state index is -4.17. The van der Waals surface area contributed by atoms with Crippen molar-refractivity contribution in [3.05, 3.63) is 30.1 Å². The molecular weight excluding hydrogens is 255 g/mol. The van der Waals surface area contributed by atoms with Crippen LogP contribution in [0.5, 0.6) is 0 Å². The summed E-state index contributed by atoms with van der Waals surface area (Å²) in [6.45, 7) is 0. The molecule has 1 aliphatic rings. The number of ketones is 1. The molecule has 0 spiro atoms. The van der Waals surface area contributed by atoms with Gasteiger partial charge < -0.3 is 0 Å². The molecule has 2 rings (SSSR count). The van der Waals surface area contributed by atoms with Gasteiger partial charge in [-0.1, -0.05) is 12.5 Å². The number of pyridine rings is 1. The molecule has 1 fully saturated rings. The third-order valence-corrected chi connectivity index (χ3v) is 3.69. The Bertz CT molecular complexity index is 430. The molecule has 19 heavy (non-hydrogen) atoms. The largest absolute Gasteiger partial charge is 0.391 e. The number of carbonyl (C=O) groups excluding carboxylic acids is 1. The van der Waals surface area contributed by atoms with Crippen LogP contribution < -0.4 is 0 Å². The van der Waals surface area contributed by atoms with Crippen LogP contribution in [-0.4, -0.2) is 16.9 Å². The second-order valence-corrected chi connectivity index (χ2v) is 5.11. The highest BCUT2D eigenvalue weighted by atomic mass is 19.4. The predicted octanol–water partition coefficient (Wildman–Crippen LogP) is 3.56. The van der Waals surface area contributed by atoms with E-state index < -0.39 is 18.0 Å². The van der Waals surface area contributed by atoms with Gasteiger partial charge in [0.15, 0.2) is 0 Å². The summed E-state index contributed by atoms with van der Waals surface area (Å²) in [4.78, 5) is 15.9. The van der Waals surface area contributed by atoms with Crippen LogP contribution in [0.2, 0.25) is 0 Å². The summed E-state index contributed by atoms with van der Waals surface area (Å²) in [6, 6.07) is 3.50. The first kappa shape index (κ1) is 14.0. The number of carbonyl (C=O) groups is 1. The maximum atomic E-state index is 12.7. The lowest BCUT2D eigenvalue weighted by molar-refractivity contribution is -0.186. The minimum Gasteiger partial charge on any atom is -0.299 e. The maximum absolute atomic E-state index is 12.7. The lowest BCUT2D eigenvalue weighted by Gasteiger charge is -2.29. The van der Waals surface area contributed by atoms with Gasteiger partial charge in [-0.25, -0.2) is 0 Å². The summed E-state index contributed by atoms with van der Waals surface area (Å²) < 4.78 is 38.1. The van der Waals surface area contributed by atoms with Crippen molar-refractivity contribution in [2.75, 3.05) is 0 Å². The first-order chi connectivity index (χ1) is 8.97. The van der Waals surface area contributed by atoms with Gasteiger partial charge in [0.25, 0.3) is 0 Å². The van der Waals surface area contributed by atoms with Crippen LogP contribution in [0.4, 0.5) is 13.2 Å². The molecule has 1 saturated carbocycles. The van der Waals surface area contributed by atoms with Crippen molar-refractivity contribution in [1.82, 2.24) is 4.98 Å². The first-order valence-electron chi connectivity index (χ1n) is 6.45. The Labute approximate surface area is 110 Å². The van der Waals surface area contributed by atoms with Crippen LogP contribution in [0.3, 0.4) is 0 Å². The van der Waals surface area contributed by atoms with Crippen LogP contribution in [0.1, 0.15) is 31.2 Å². The molecule has 0 aliphatic heterocycles. The fourth-order valence-electron chi connectivity index (χ4n) is 2.63. The van der Waals surface area contributed by atoms with E-state index in [1.807, 2.05) is 0 Å². The molecule has 0 amide bonds. The van der Waals surface area contributed by atoms with Gasteiger partial charge in [-0.05, 0) is 30.9 Å². The normalized spacial score (nSPS) is 24.2. The van der Waals surface area contributed by atoms with Crippen molar-refractivity contribution >= 4 is 5.78 Å². The summed E-state index contributed by atoms with van der Waals surface area (Å²) in [5.41, 5.74) is 0.765. The Balaban J connectivity index is 1.96. The maximum Gasteiger partial charge on any atom is 0.391 e. The molecule has 5 heteroatoms. The smallest absolute Gasteiger partial charge is 0.299 e. The molecule has 0 saturated heterocycles. The standard InChI is InChI=1S/C14H16F3NO/c15-14(16,17)12-5-1-4-11(8-12)13(19)7-10-3-2-6-18-9-10/h2-3,6,9,11-12H,1,4-5,7-8H2. The lowest BCUT2D eigenvalue weighted by Crippen LogP contribution is -2.32. The van der Waals surface area contributed by atoms with Crippen LogP contribution >= 0.6 is 0 Å². The number of Topliss-reactive ketones (excluding diaryl/α,β-unsaturated/α-hetero) is 1. The van der Waals surface area contributed by atoms with Gasteiger partial charge in [-0.15, -0.1) is 0 Å². The molecule has 104 valence electrons. The number of rotatable bonds is 3. The van der Waals surface area contributed by atoms with Crippen LogP contribution in [-0.2, 0) is 11.2 Å². The van der Waals surface area contributed by atoms with E-state index in [9.17, 15) is 18.0 Å². The van der Waals surface area contributed by atoms with E-state index in [2.05, 4.69) is 4.98 Å². The molecule has 0 aromatic carbocycles. The summed E-state index contributed by atoms with van der Waals surface area (Å²) in [5.74, 6) is -1.87. The molecular formula is C14H16F3NO. The summed E-state index contributed by atoms with van der Waals surface area (Å²) in [5, 5.41) is 0. The van der Waals surface area contributed by atoms with E-state index in [0.29, 0.717) is 12.8 Å². The van der Waals surface area contributed by atoms with E-state index in [4.69, 9.17) is 0 Å². The quantitative estimate of drug-likeness (QED) is 0.841. The number of nitrogens with zero attached hydrogens (tertiary/aromatic N) is 1.